The normalized spacial score (nSPS) is 14.6. The van der Waals surface area contributed by atoms with Crippen LogP contribution >= 0.6 is 0 Å². The first-order valence-corrected chi connectivity index (χ1v) is 5.37. The third-order valence-corrected chi connectivity index (χ3v) is 1.92. The fraction of sp³-hybridized carbons (Fsp3) is 0.200. The number of allylic oxidation sites excluding steroid dienone is 10. The lowest BCUT2D eigenvalue weighted by Gasteiger charge is -1.87. The van der Waals surface area contributed by atoms with E-state index in [4.69, 9.17) is 0 Å². The monoisotopic (exact) mass is 230 g/mol. The van der Waals surface area contributed by atoms with Crippen LogP contribution in [-0.4, -0.2) is 12.6 Å². The van der Waals surface area contributed by atoms with Gasteiger partial charge in [0.1, 0.15) is 12.6 Å². The molecule has 0 spiro atoms. The average molecular weight is 230 g/mol. The molecule has 2 heteroatoms. The molecule has 0 aromatic heterocycles. The molecule has 0 aliphatic rings. The number of carbonyl (C=O) groups excluding carboxylic acids is 2. The van der Waals surface area contributed by atoms with Gasteiger partial charge >= 0.3 is 0 Å². The summed E-state index contributed by atoms with van der Waals surface area (Å²) in [6, 6.07) is 0. The highest BCUT2D eigenvalue weighted by atomic mass is 16.1. The Morgan fingerprint density at radius 2 is 1.06 bits per heavy atom. The Morgan fingerprint density at radius 1 is 0.647 bits per heavy atom. The van der Waals surface area contributed by atoms with Crippen molar-refractivity contribution in [2.75, 3.05) is 0 Å². The van der Waals surface area contributed by atoms with Crippen LogP contribution in [0.5, 0.6) is 0 Å². The lowest BCUT2D eigenvalue weighted by atomic mass is 10.2. The molecular formula is C15H18O2. The summed E-state index contributed by atoms with van der Waals surface area (Å²) in [4.78, 5) is 20.6. The molecule has 90 valence electrons. The maximum absolute atomic E-state index is 10.3. The summed E-state index contributed by atoms with van der Waals surface area (Å²) >= 11 is 0. The average Bonchev–Trinajstić information content (AvgIpc) is 2.33. The van der Waals surface area contributed by atoms with Crippen molar-refractivity contribution in [3.8, 4) is 0 Å². The zero-order valence-electron chi connectivity index (χ0n) is 10.5. The maximum Gasteiger partial charge on any atom is 0.145 e. The zero-order chi connectivity index (χ0) is 13.1. The number of carbonyl (C=O) groups is 2. The number of rotatable bonds is 6. The third-order valence-electron chi connectivity index (χ3n) is 1.92. The van der Waals surface area contributed by atoms with Crippen molar-refractivity contribution in [2.45, 2.75) is 20.8 Å². The van der Waals surface area contributed by atoms with Crippen LogP contribution in [0, 0.1) is 0 Å². The minimum Gasteiger partial charge on any atom is -0.298 e. The van der Waals surface area contributed by atoms with Crippen LogP contribution in [0.1, 0.15) is 20.8 Å². The minimum atomic E-state index is 0.687. The van der Waals surface area contributed by atoms with E-state index in [-0.39, 0.29) is 0 Å². The predicted octanol–water partition coefficient (Wildman–Crippen LogP) is 3.34. The standard InChI is InChI=1S/C15H18O2/c1-13(9-6-10-15(3)12-17)7-4-5-8-14(2)11-16/h4-12H,1-3H3. The van der Waals surface area contributed by atoms with Gasteiger partial charge in [0.2, 0.25) is 0 Å². The van der Waals surface area contributed by atoms with Crippen molar-refractivity contribution in [1.29, 1.82) is 0 Å². The molecule has 0 rings (SSSR count). The lowest BCUT2D eigenvalue weighted by molar-refractivity contribution is -0.105. The summed E-state index contributed by atoms with van der Waals surface area (Å²) in [6.07, 6.45) is 14.5. The van der Waals surface area contributed by atoms with Gasteiger partial charge in [0.15, 0.2) is 0 Å². The summed E-state index contributed by atoms with van der Waals surface area (Å²) in [7, 11) is 0. The highest BCUT2D eigenvalue weighted by molar-refractivity contribution is 5.73. The Kier molecular flexibility index (Phi) is 8.21. The van der Waals surface area contributed by atoms with E-state index in [0.717, 1.165) is 18.1 Å². The summed E-state index contributed by atoms with van der Waals surface area (Å²) in [5.74, 6) is 0. The molecule has 0 aromatic rings. The van der Waals surface area contributed by atoms with Crippen LogP contribution in [0.3, 0.4) is 0 Å². The van der Waals surface area contributed by atoms with E-state index in [1.165, 1.54) is 0 Å². The van der Waals surface area contributed by atoms with Gasteiger partial charge in [-0.15, -0.1) is 0 Å². The van der Waals surface area contributed by atoms with E-state index in [2.05, 4.69) is 0 Å². The van der Waals surface area contributed by atoms with Gasteiger partial charge in [-0.2, -0.15) is 0 Å². The van der Waals surface area contributed by atoms with Gasteiger partial charge in [-0.3, -0.25) is 9.59 Å². The SMILES string of the molecule is CC(C=O)=CC=CC=C(C)C=CC=C(C)C=O. The van der Waals surface area contributed by atoms with Crippen LogP contribution < -0.4 is 0 Å². The first-order valence-electron chi connectivity index (χ1n) is 5.37. The summed E-state index contributed by atoms with van der Waals surface area (Å²) in [6.45, 7) is 5.46. The van der Waals surface area contributed by atoms with E-state index >= 15 is 0 Å². The molecule has 0 heterocycles. The van der Waals surface area contributed by atoms with E-state index in [9.17, 15) is 9.59 Å². The van der Waals surface area contributed by atoms with E-state index < -0.39 is 0 Å². The zero-order valence-corrected chi connectivity index (χ0v) is 10.5. The summed E-state index contributed by atoms with van der Waals surface area (Å²) in [5.41, 5.74) is 2.44. The molecule has 2 nitrogen and oxygen atoms in total. The van der Waals surface area contributed by atoms with Crippen LogP contribution in [0.15, 0.2) is 59.3 Å². The first-order chi connectivity index (χ1) is 8.10. The molecule has 0 aliphatic carbocycles. The largest absolute Gasteiger partial charge is 0.298 e. The molecule has 0 N–H and O–H groups in total. The molecule has 0 aromatic carbocycles. The molecular weight excluding hydrogens is 212 g/mol. The quantitative estimate of drug-likeness (QED) is 0.398. The van der Waals surface area contributed by atoms with Crippen LogP contribution in [0.2, 0.25) is 0 Å². The Bertz CT molecular complexity index is 405. The molecule has 0 fully saturated rings. The smallest absolute Gasteiger partial charge is 0.145 e. The number of aldehydes is 2. The lowest BCUT2D eigenvalue weighted by Crippen LogP contribution is -1.73. The molecule has 0 saturated heterocycles. The Labute approximate surface area is 103 Å². The van der Waals surface area contributed by atoms with Gasteiger partial charge in [0.25, 0.3) is 0 Å². The van der Waals surface area contributed by atoms with E-state index in [0.29, 0.717) is 11.1 Å². The molecule has 0 aliphatic heterocycles. The molecule has 17 heavy (non-hydrogen) atoms. The predicted molar refractivity (Wildman–Crippen MR) is 71.7 cm³/mol. The molecule has 0 unspecified atom stereocenters. The summed E-state index contributed by atoms with van der Waals surface area (Å²) in [5, 5.41) is 0. The fourth-order valence-electron chi connectivity index (χ4n) is 0.900. The van der Waals surface area contributed by atoms with Gasteiger partial charge < -0.3 is 0 Å². The molecule has 0 saturated carbocycles. The minimum absolute atomic E-state index is 0.687. The fourth-order valence-corrected chi connectivity index (χ4v) is 0.900. The third kappa shape index (κ3) is 9.00. The van der Waals surface area contributed by atoms with Crippen LogP contribution in [-0.2, 0) is 9.59 Å². The molecule has 0 radical (unpaired) electrons. The second-order valence-electron chi connectivity index (χ2n) is 3.71. The van der Waals surface area contributed by atoms with Crippen LogP contribution in [0.25, 0.3) is 0 Å². The molecule has 0 atom stereocenters. The maximum atomic E-state index is 10.3. The Hall–Kier alpha value is -1.96. The first kappa shape index (κ1) is 15.0. The highest BCUT2D eigenvalue weighted by Crippen LogP contribution is 1.98. The Morgan fingerprint density at radius 3 is 1.53 bits per heavy atom. The second-order valence-corrected chi connectivity index (χ2v) is 3.71. The number of hydrogen-bond donors (Lipinski definition) is 0. The van der Waals surface area contributed by atoms with Crippen molar-refractivity contribution >= 4 is 12.6 Å². The number of hydrogen-bond acceptors (Lipinski definition) is 2. The highest BCUT2D eigenvalue weighted by Gasteiger charge is 1.81. The summed E-state index contributed by atoms with van der Waals surface area (Å²) < 4.78 is 0. The molecule has 0 amide bonds. The van der Waals surface area contributed by atoms with Crippen molar-refractivity contribution in [2.24, 2.45) is 0 Å². The van der Waals surface area contributed by atoms with Gasteiger partial charge in [-0.25, -0.2) is 0 Å². The van der Waals surface area contributed by atoms with Gasteiger partial charge in [-0.05, 0) is 31.9 Å². The van der Waals surface area contributed by atoms with Crippen molar-refractivity contribution in [3.63, 3.8) is 0 Å². The van der Waals surface area contributed by atoms with Gasteiger partial charge in [0, 0.05) is 0 Å². The van der Waals surface area contributed by atoms with E-state index in [1.807, 2.05) is 37.3 Å². The van der Waals surface area contributed by atoms with Crippen molar-refractivity contribution < 1.29 is 9.59 Å². The van der Waals surface area contributed by atoms with Gasteiger partial charge in [-0.1, -0.05) is 48.1 Å². The molecule has 0 bridgehead atoms. The van der Waals surface area contributed by atoms with E-state index in [1.54, 1.807) is 26.0 Å². The second kappa shape index (κ2) is 9.28. The topological polar surface area (TPSA) is 34.1 Å². The van der Waals surface area contributed by atoms with Gasteiger partial charge in [0.05, 0.1) is 0 Å². The van der Waals surface area contributed by atoms with Crippen molar-refractivity contribution in [1.82, 2.24) is 0 Å². The van der Waals surface area contributed by atoms with Crippen LogP contribution in [0.4, 0.5) is 0 Å². The van der Waals surface area contributed by atoms with Crippen molar-refractivity contribution in [3.05, 3.63) is 59.3 Å². The Balaban J connectivity index is 4.37.